The van der Waals surface area contributed by atoms with Crippen LogP contribution in [0.5, 0.6) is 11.5 Å². The number of rotatable bonds is 0. The van der Waals surface area contributed by atoms with Crippen molar-refractivity contribution in [1.29, 1.82) is 0 Å². The van der Waals surface area contributed by atoms with Crippen LogP contribution in [0.1, 0.15) is 11.1 Å². The second-order valence-corrected chi connectivity index (χ2v) is 3.49. The highest BCUT2D eigenvalue weighted by molar-refractivity contribution is 7.00. The molecule has 2 aromatic carbocycles. The smallest absolute Gasteiger partial charge is 0.310 e. The van der Waals surface area contributed by atoms with Crippen molar-refractivity contribution in [3.63, 3.8) is 0 Å². The molecule has 0 radical (unpaired) electrons. The SMILES string of the molecule is O=[PH2+].c1ccc2c(c1)Cc1ccccc1O2. The van der Waals surface area contributed by atoms with Crippen LogP contribution in [0.15, 0.2) is 48.5 Å². The van der Waals surface area contributed by atoms with E-state index in [0.29, 0.717) is 0 Å². The summed E-state index contributed by atoms with van der Waals surface area (Å²) in [7, 11) is 1.17. The molecule has 2 aromatic rings. The zero-order valence-electron chi connectivity index (χ0n) is 8.72. The first-order valence-corrected chi connectivity index (χ1v) is 5.48. The highest BCUT2D eigenvalue weighted by atomic mass is 31.0. The van der Waals surface area contributed by atoms with Gasteiger partial charge in [-0.15, -0.1) is 0 Å². The predicted octanol–water partition coefficient (Wildman–Crippen LogP) is 3.59. The molecule has 0 fully saturated rings. The van der Waals surface area contributed by atoms with E-state index in [1.165, 1.54) is 20.2 Å². The fraction of sp³-hybridized carbons (Fsp3) is 0.0769. The van der Waals surface area contributed by atoms with Crippen molar-refractivity contribution in [2.24, 2.45) is 0 Å². The molecular weight excluding hydrogens is 219 g/mol. The second kappa shape index (κ2) is 4.91. The molecule has 0 aliphatic carbocycles. The third kappa shape index (κ3) is 1.98. The van der Waals surface area contributed by atoms with Gasteiger partial charge in [0, 0.05) is 6.42 Å². The molecule has 0 spiro atoms. The standard InChI is InChI=1S/C13H10O.H2OP/c1-3-7-12-10(5-1)9-11-6-2-4-8-13(11)14-12;1-2/h1-8H,9H2;2H2/q;+1. The van der Waals surface area contributed by atoms with Crippen molar-refractivity contribution < 1.29 is 9.30 Å². The van der Waals surface area contributed by atoms with Gasteiger partial charge in [0.1, 0.15) is 11.5 Å². The topological polar surface area (TPSA) is 26.3 Å². The van der Waals surface area contributed by atoms with Gasteiger partial charge in [-0.1, -0.05) is 41.0 Å². The molecule has 0 saturated carbocycles. The molecule has 1 heterocycles. The number of para-hydroxylation sites is 2. The van der Waals surface area contributed by atoms with E-state index in [9.17, 15) is 0 Å². The molecule has 0 bridgehead atoms. The van der Waals surface area contributed by atoms with Gasteiger partial charge in [0.2, 0.25) is 0 Å². The van der Waals surface area contributed by atoms with E-state index < -0.39 is 0 Å². The minimum absolute atomic E-state index is 0.979. The largest absolute Gasteiger partial charge is 0.457 e. The maximum atomic E-state index is 8.17. The van der Waals surface area contributed by atoms with Crippen molar-refractivity contribution in [3.8, 4) is 11.5 Å². The van der Waals surface area contributed by atoms with Crippen LogP contribution in [-0.2, 0) is 11.0 Å². The summed E-state index contributed by atoms with van der Waals surface area (Å²) in [6, 6.07) is 16.4. The Morgan fingerprint density at radius 2 is 1.25 bits per heavy atom. The molecule has 1 aliphatic heterocycles. The van der Waals surface area contributed by atoms with Crippen molar-refractivity contribution in [2.75, 3.05) is 0 Å². The highest BCUT2D eigenvalue weighted by Gasteiger charge is 2.14. The Bertz CT molecular complexity index is 409. The maximum absolute atomic E-state index is 8.17. The Kier molecular flexibility index (Phi) is 3.33. The summed E-state index contributed by atoms with van der Waals surface area (Å²) in [5.74, 6) is 1.98. The zero-order chi connectivity index (χ0) is 11.4. The normalized spacial score (nSPS) is 11.2. The Morgan fingerprint density at radius 3 is 1.75 bits per heavy atom. The van der Waals surface area contributed by atoms with Crippen molar-refractivity contribution in [1.82, 2.24) is 0 Å². The van der Waals surface area contributed by atoms with Gasteiger partial charge in [0.05, 0.1) is 0 Å². The Labute approximate surface area is 96.5 Å². The predicted molar refractivity (Wildman–Crippen MR) is 66.2 cm³/mol. The van der Waals surface area contributed by atoms with Gasteiger partial charge in [-0.3, -0.25) is 0 Å². The summed E-state index contributed by atoms with van der Waals surface area (Å²) in [6.07, 6.45) is 0.979. The molecule has 1 aliphatic rings. The van der Waals surface area contributed by atoms with E-state index in [0.717, 1.165) is 17.9 Å². The van der Waals surface area contributed by atoms with Crippen LogP contribution in [0, 0.1) is 0 Å². The summed E-state index contributed by atoms with van der Waals surface area (Å²) >= 11 is 0. The fourth-order valence-corrected chi connectivity index (χ4v) is 1.82. The summed E-state index contributed by atoms with van der Waals surface area (Å²) in [5, 5.41) is 0. The van der Waals surface area contributed by atoms with E-state index in [-0.39, 0.29) is 0 Å². The van der Waals surface area contributed by atoms with Crippen molar-refractivity contribution >= 4 is 9.12 Å². The van der Waals surface area contributed by atoms with Crippen LogP contribution < -0.4 is 4.74 Å². The lowest BCUT2D eigenvalue weighted by molar-refractivity contribution is 0.460. The molecule has 0 aromatic heterocycles. The van der Waals surface area contributed by atoms with Gasteiger partial charge in [-0.25, -0.2) is 0 Å². The average molecular weight is 231 g/mol. The molecule has 0 amide bonds. The Balaban J connectivity index is 0.000000457. The van der Waals surface area contributed by atoms with Gasteiger partial charge in [0.25, 0.3) is 0 Å². The molecule has 1 atom stereocenters. The minimum Gasteiger partial charge on any atom is -0.457 e. The van der Waals surface area contributed by atoms with E-state index in [1.54, 1.807) is 0 Å². The van der Waals surface area contributed by atoms with Crippen LogP contribution >= 0.6 is 9.12 Å². The summed E-state index contributed by atoms with van der Waals surface area (Å²) in [5.41, 5.74) is 2.54. The summed E-state index contributed by atoms with van der Waals surface area (Å²) in [4.78, 5) is 0. The van der Waals surface area contributed by atoms with Crippen LogP contribution in [0.3, 0.4) is 0 Å². The summed E-state index contributed by atoms with van der Waals surface area (Å²) < 4.78 is 13.9. The van der Waals surface area contributed by atoms with Crippen LogP contribution in [0.25, 0.3) is 0 Å². The molecule has 0 saturated heterocycles. The van der Waals surface area contributed by atoms with Crippen molar-refractivity contribution in [2.45, 2.75) is 6.42 Å². The van der Waals surface area contributed by atoms with E-state index in [4.69, 9.17) is 9.30 Å². The van der Waals surface area contributed by atoms with Gasteiger partial charge in [0.15, 0.2) is 0 Å². The summed E-state index contributed by atoms with van der Waals surface area (Å²) in [6.45, 7) is 0. The van der Waals surface area contributed by atoms with Gasteiger partial charge >= 0.3 is 9.12 Å². The second-order valence-electron chi connectivity index (χ2n) is 3.49. The van der Waals surface area contributed by atoms with E-state index >= 15 is 0 Å². The molecule has 2 nitrogen and oxygen atoms in total. The minimum atomic E-state index is 0.979. The van der Waals surface area contributed by atoms with E-state index in [2.05, 4.69) is 24.3 Å². The van der Waals surface area contributed by atoms with Crippen LogP contribution in [0.4, 0.5) is 0 Å². The first-order valence-electron chi connectivity index (χ1n) is 5.01. The molecular formula is C13H12O2P+. The van der Waals surface area contributed by atoms with Gasteiger partial charge in [-0.2, -0.15) is 0 Å². The lowest BCUT2D eigenvalue weighted by Gasteiger charge is -2.19. The molecule has 16 heavy (non-hydrogen) atoms. The third-order valence-corrected chi connectivity index (χ3v) is 2.55. The quantitative estimate of drug-likeness (QED) is 0.552. The molecule has 1 unspecified atom stereocenters. The highest BCUT2D eigenvalue weighted by Crippen LogP contribution is 2.35. The van der Waals surface area contributed by atoms with E-state index in [1.807, 2.05) is 24.3 Å². The number of benzene rings is 2. The van der Waals surface area contributed by atoms with Crippen LogP contribution in [-0.4, -0.2) is 0 Å². The number of hydrogen-bond acceptors (Lipinski definition) is 2. The Morgan fingerprint density at radius 1 is 0.812 bits per heavy atom. The molecule has 80 valence electrons. The monoisotopic (exact) mass is 231 g/mol. The average Bonchev–Trinajstić information content (AvgIpc) is 2.38. The number of ether oxygens (including phenoxy) is 1. The van der Waals surface area contributed by atoms with Crippen molar-refractivity contribution in [3.05, 3.63) is 59.7 Å². The fourth-order valence-electron chi connectivity index (χ4n) is 1.82. The number of fused-ring (bicyclic) bond motifs is 2. The number of hydrogen-bond donors (Lipinski definition) is 0. The molecule has 3 heteroatoms. The van der Waals surface area contributed by atoms with Gasteiger partial charge in [-0.05, 0) is 23.3 Å². The zero-order valence-corrected chi connectivity index (χ0v) is 9.87. The maximum Gasteiger partial charge on any atom is 0.310 e. The first-order chi connectivity index (χ1) is 7.93. The first kappa shape index (κ1) is 10.8. The molecule has 3 rings (SSSR count). The van der Waals surface area contributed by atoms with Crippen LogP contribution in [0.2, 0.25) is 0 Å². The third-order valence-electron chi connectivity index (χ3n) is 2.55. The van der Waals surface area contributed by atoms with Gasteiger partial charge < -0.3 is 4.74 Å². The Hall–Kier alpha value is -1.66. The molecule has 0 N–H and O–H groups in total. The lowest BCUT2D eigenvalue weighted by Crippen LogP contribution is -2.01. The lowest BCUT2D eigenvalue weighted by atomic mass is 10.0.